The number of nitrogens with zero attached hydrogens (tertiary/aromatic N) is 2. The molecule has 0 saturated heterocycles. The summed E-state index contributed by atoms with van der Waals surface area (Å²) >= 11 is 5.79. The normalized spacial score (nSPS) is 10.2. The first-order chi connectivity index (χ1) is 10.2. The quantitative estimate of drug-likeness (QED) is 0.607. The van der Waals surface area contributed by atoms with E-state index in [0.717, 1.165) is 12.2 Å². The fraction of sp³-hybridized carbons (Fsp3) is 0.250. The van der Waals surface area contributed by atoms with Crippen molar-refractivity contribution in [1.82, 2.24) is 9.88 Å². The number of para-hydroxylation sites is 1. The van der Waals surface area contributed by atoms with Crippen LogP contribution in [0.3, 0.4) is 0 Å². The molecule has 1 heterocycles. The van der Waals surface area contributed by atoms with Crippen LogP contribution >= 0.6 is 11.6 Å². The number of halogens is 1. The van der Waals surface area contributed by atoms with Crippen LogP contribution in [0.4, 0.5) is 0 Å². The summed E-state index contributed by atoms with van der Waals surface area (Å²) in [5.41, 5.74) is 0.356. The molecule has 1 amide bonds. The Morgan fingerprint density at radius 2 is 1.95 bits per heavy atom. The van der Waals surface area contributed by atoms with Crippen molar-refractivity contribution < 1.29 is 9.53 Å². The van der Waals surface area contributed by atoms with Gasteiger partial charge in [0.15, 0.2) is 0 Å². The summed E-state index contributed by atoms with van der Waals surface area (Å²) < 4.78 is 5.59. The van der Waals surface area contributed by atoms with Gasteiger partial charge < -0.3 is 9.64 Å². The molecule has 1 aromatic carbocycles. The number of hydrogen-bond acceptors (Lipinski definition) is 3. The first-order valence-electron chi connectivity index (χ1n) is 6.72. The lowest BCUT2D eigenvalue weighted by atomic mass is 10.3. The molecule has 0 radical (unpaired) electrons. The highest BCUT2D eigenvalue weighted by atomic mass is 35.5. The lowest BCUT2D eigenvalue weighted by Crippen LogP contribution is -2.29. The predicted molar refractivity (Wildman–Crippen MR) is 82.8 cm³/mol. The Balaban J connectivity index is 1.76. The average Bonchev–Trinajstić information content (AvgIpc) is 2.51. The van der Waals surface area contributed by atoms with Gasteiger partial charge in [0.25, 0.3) is 5.91 Å². The van der Waals surface area contributed by atoms with Gasteiger partial charge in [-0.25, -0.2) is 4.98 Å². The molecule has 4 nitrogen and oxygen atoms in total. The van der Waals surface area contributed by atoms with Crippen LogP contribution in [0.15, 0.2) is 48.5 Å². The van der Waals surface area contributed by atoms with E-state index in [-0.39, 0.29) is 5.91 Å². The Kier molecular flexibility index (Phi) is 5.58. The molecule has 2 rings (SSSR count). The standard InChI is InChI=1S/C16H17ClN2O2/c1-19(16(20)14-9-5-10-15(17)18-14)11-6-12-21-13-7-3-2-4-8-13/h2-5,7-10H,6,11-12H2,1H3. The molecular weight excluding hydrogens is 288 g/mol. The van der Waals surface area contributed by atoms with Gasteiger partial charge in [-0.2, -0.15) is 0 Å². The van der Waals surface area contributed by atoms with Crippen molar-refractivity contribution in [3.63, 3.8) is 0 Å². The summed E-state index contributed by atoms with van der Waals surface area (Å²) in [5, 5.41) is 0.321. The van der Waals surface area contributed by atoms with Gasteiger partial charge in [0.05, 0.1) is 6.61 Å². The van der Waals surface area contributed by atoms with E-state index in [0.29, 0.717) is 24.0 Å². The molecule has 0 aliphatic carbocycles. The third-order valence-corrected chi connectivity index (χ3v) is 3.14. The Morgan fingerprint density at radius 3 is 2.67 bits per heavy atom. The number of hydrogen-bond donors (Lipinski definition) is 0. The van der Waals surface area contributed by atoms with Gasteiger partial charge in [-0.3, -0.25) is 4.79 Å². The lowest BCUT2D eigenvalue weighted by Gasteiger charge is -2.16. The summed E-state index contributed by atoms with van der Waals surface area (Å²) in [7, 11) is 1.74. The van der Waals surface area contributed by atoms with E-state index in [2.05, 4.69) is 4.98 Å². The zero-order valence-electron chi connectivity index (χ0n) is 11.8. The minimum absolute atomic E-state index is 0.141. The molecule has 0 fully saturated rings. The Morgan fingerprint density at radius 1 is 1.19 bits per heavy atom. The van der Waals surface area contributed by atoms with E-state index < -0.39 is 0 Å². The van der Waals surface area contributed by atoms with Crippen molar-refractivity contribution in [2.75, 3.05) is 20.2 Å². The van der Waals surface area contributed by atoms with Crippen LogP contribution in [0, 0.1) is 0 Å². The molecule has 0 bridgehead atoms. The molecular formula is C16H17ClN2O2. The maximum atomic E-state index is 12.1. The van der Waals surface area contributed by atoms with E-state index in [1.807, 2.05) is 30.3 Å². The molecule has 0 N–H and O–H groups in total. The van der Waals surface area contributed by atoms with Crippen molar-refractivity contribution >= 4 is 17.5 Å². The molecule has 2 aromatic rings. The molecule has 0 atom stereocenters. The number of carbonyl (C=O) groups is 1. The summed E-state index contributed by atoms with van der Waals surface area (Å²) in [4.78, 5) is 17.8. The van der Waals surface area contributed by atoms with E-state index in [4.69, 9.17) is 16.3 Å². The number of rotatable bonds is 6. The first kappa shape index (κ1) is 15.3. The van der Waals surface area contributed by atoms with Crippen LogP contribution in [-0.4, -0.2) is 36.0 Å². The van der Waals surface area contributed by atoms with Gasteiger partial charge in [-0.1, -0.05) is 35.9 Å². The van der Waals surface area contributed by atoms with E-state index in [1.165, 1.54) is 0 Å². The van der Waals surface area contributed by atoms with Crippen LogP contribution in [-0.2, 0) is 0 Å². The van der Waals surface area contributed by atoms with Crippen molar-refractivity contribution in [3.8, 4) is 5.75 Å². The Bertz CT molecular complexity index is 590. The van der Waals surface area contributed by atoms with Crippen molar-refractivity contribution in [3.05, 3.63) is 59.4 Å². The monoisotopic (exact) mass is 304 g/mol. The molecule has 21 heavy (non-hydrogen) atoms. The summed E-state index contributed by atoms with van der Waals surface area (Å²) in [6.07, 6.45) is 0.748. The summed E-state index contributed by atoms with van der Waals surface area (Å²) in [6.45, 7) is 1.16. The lowest BCUT2D eigenvalue weighted by molar-refractivity contribution is 0.0782. The molecule has 0 saturated carbocycles. The van der Waals surface area contributed by atoms with Crippen LogP contribution in [0.2, 0.25) is 5.15 Å². The number of benzene rings is 1. The maximum Gasteiger partial charge on any atom is 0.272 e. The third kappa shape index (κ3) is 4.76. The Labute approximate surface area is 129 Å². The fourth-order valence-corrected chi connectivity index (χ4v) is 2.00. The fourth-order valence-electron chi connectivity index (χ4n) is 1.83. The van der Waals surface area contributed by atoms with Crippen molar-refractivity contribution in [2.24, 2.45) is 0 Å². The smallest absolute Gasteiger partial charge is 0.272 e. The average molecular weight is 305 g/mol. The van der Waals surface area contributed by atoms with Crippen molar-refractivity contribution in [1.29, 1.82) is 0 Å². The van der Waals surface area contributed by atoms with Gasteiger partial charge in [0, 0.05) is 13.6 Å². The second kappa shape index (κ2) is 7.64. The first-order valence-corrected chi connectivity index (χ1v) is 7.10. The predicted octanol–water partition coefficient (Wildman–Crippen LogP) is 3.28. The summed E-state index contributed by atoms with van der Waals surface area (Å²) in [6, 6.07) is 14.6. The van der Waals surface area contributed by atoms with Gasteiger partial charge in [-0.15, -0.1) is 0 Å². The number of carbonyl (C=O) groups excluding carboxylic acids is 1. The van der Waals surface area contributed by atoms with Gasteiger partial charge >= 0.3 is 0 Å². The second-order valence-electron chi connectivity index (χ2n) is 4.59. The number of amides is 1. The molecule has 5 heteroatoms. The third-order valence-electron chi connectivity index (χ3n) is 2.93. The van der Waals surface area contributed by atoms with Crippen LogP contribution in [0.25, 0.3) is 0 Å². The minimum atomic E-state index is -0.141. The highest BCUT2D eigenvalue weighted by Crippen LogP contribution is 2.09. The van der Waals surface area contributed by atoms with Crippen molar-refractivity contribution in [2.45, 2.75) is 6.42 Å². The van der Waals surface area contributed by atoms with Gasteiger partial charge in [-0.05, 0) is 30.7 Å². The highest BCUT2D eigenvalue weighted by Gasteiger charge is 2.12. The van der Waals surface area contributed by atoms with E-state index in [1.54, 1.807) is 30.1 Å². The molecule has 0 unspecified atom stereocenters. The second-order valence-corrected chi connectivity index (χ2v) is 4.97. The van der Waals surface area contributed by atoms with Crippen LogP contribution < -0.4 is 4.74 Å². The van der Waals surface area contributed by atoms with Crippen LogP contribution in [0.5, 0.6) is 5.75 Å². The minimum Gasteiger partial charge on any atom is -0.494 e. The number of pyridine rings is 1. The Hall–Kier alpha value is -2.07. The number of ether oxygens (including phenoxy) is 1. The van der Waals surface area contributed by atoms with Crippen LogP contribution in [0.1, 0.15) is 16.9 Å². The van der Waals surface area contributed by atoms with Gasteiger partial charge in [0.2, 0.25) is 0 Å². The molecule has 1 aromatic heterocycles. The number of aromatic nitrogens is 1. The zero-order chi connectivity index (χ0) is 15.1. The molecule has 0 spiro atoms. The zero-order valence-corrected chi connectivity index (χ0v) is 12.6. The summed E-state index contributed by atoms with van der Waals surface area (Å²) in [5.74, 6) is 0.695. The molecule has 110 valence electrons. The molecule has 0 aliphatic rings. The largest absolute Gasteiger partial charge is 0.494 e. The highest BCUT2D eigenvalue weighted by molar-refractivity contribution is 6.29. The molecule has 0 aliphatic heterocycles. The van der Waals surface area contributed by atoms with Gasteiger partial charge in [0.1, 0.15) is 16.6 Å². The van der Waals surface area contributed by atoms with E-state index >= 15 is 0 Å². The maximum absolute atomic E-state index is 12.1. The topological polar surface area (TPSA) is 42.4 Å². The SMILES string of the molecule is CN(CCCOc1ccccc1)C(=O)c1cccc(Cl)n1. The van der Waals surface area contributed by atoms with E-state index in [9.17, 15) is 4.79 Å².